The molecule has 106 valence electrons. The molecule has 0 saturated carbocycles. The van der Waals surface area contributed by atoms with Gasteiger partial charge in [-0.25, -0.2) is 4.39 Å². The Morgan fingerprint density at radius 3 is 2.45 bits per heavy atom. The van der Waals surface area contributed by atoms with Crippen LogP contribution in [0.3, 0.4) is 0 Å². The molecule has 2 aromatic carbocycles. The van der Waals surface area contributed by atoms with E-state index in [1.165, 1.54) is 11.6 Å². The van der Waals surface area contributed by atoms with Crippen molar-refractivity contribution in [2.45, 2.75) is 32.7 Å². The van der Waals surface area contributed by atoms with Crippen LogP contribution in [0.5, 0.6) is 11.5 Å². The van der Waals surface area contributed by atoms with E-state index in [1.807, 2.05) is 24.3 Å². The van der Waals surface area contributed by atoms with Crippen LogP contribution in [-0.2, 0) is 6.42 Å². The number of benzene rings is 2. The summed E-state index contributed by atoms with van der Waals surface area (Å²) in [6, 6.07) is 12.2. The maximum absolute atomic E-state index is 13.8. The summed E-state index contributed by atoms with van der Waals surface area (Å²) < 4.78 is 19.6. The summed E-state index contributed by atoms with van der Waals surface area (Å²) in [4.78, 5) is 0. The van der Waals surface area contributed by atoms with Gasteiger partial charge in [-0.3, -0.25) is 0 Å². The minimum Gasteiger partial charge on any atom is -0.457 e. The molecule has 1 atom stereocenters. The highest BCUT2D eigenvalue weighted by atomic mass is 19.1. The highest BCUT2D eigenvalue weighted by molar-refractivity contribution is 5.40. The van der Waals surface area contributed by atoms with Crippen molar-refractivity contribution in [2.75, 3.05) is 0 Å². The number of ether oxygens (including phenoxy) is 1. The minimum atomic E-state index is -0.412. The molecule has 0 amide bonds. The minimum absolute atomic E-state index is 0.333. The molecule has 0 aromatic heterocycles. The molecule has 2 nitrogen and oxygen atoms in total. The van der Waals surface area contributed by atoms with Crippen LogP contribution < -0.4 is 10.5 Å². The van der Waals surface area contributed by atoms with Crippen LogP contribution in [-0.4, -0.2) is 0 Å². The van der Waals surface area contributed by atoms with E-state index in [0.29, 0.717) is 17.1 Å². The summed E-state index contributed by atoms with van der Waals surface area (Å²) in [5.74, 6) is 0.834. The van der Waals surface area contributed by atoms with Crippen molar-refractivity contribution in [3.05, 3.63) is 59.4 Å². The van der Waals surface area contributed by atoms with E-state index < -0.39 is 6.04 Å². The molecular weight excluding hydrogens is 253 g/mol. The summed E-state index contributed by atoms with van der Waals surface area (Å²) in [5.41, 5.74) is 7.49. The fourth-order valence-corrected chi connectivity index (χ4v) is 2.19. The first-order chi connectivity index (χ1) is 9.61. The molecule has 20 heavy (non-hydrogen) atoms. The Bertz CT molecular complexity index is 564. The third-order valence-corrected chi connectivity index (χ3v) is 3.16. The van der Waals surface area contributed by atoms with Gasteiger partial charge in [0.1, 0.15) is 17.3 Å². The summed E-state index contributed by atoms with van der Waals surface area (Å²) in [6.07, 6.45) is 2.16. The van der Waals surface area contributed by atoms with E-state index in [2.05, 4.69) is 6.92 Å². The van der Waals surface area contributed by atoms with Crippen LogP contribution in [0.2, 0.25) is 0 Å². The van der Waals surface area contributed by atoms with Crippen LogP contribution in [0.4, 0.5) is 4.39 Å². The average Bonchev–Trinajstić information content (AvgIpc) is 2.41. The van der Waals surface area contributed by atoms with Gasteiger partial charge in [-0.05, 0) is 43.2 Å². The maximum Gasteiger partial charge on any atom is 0.135 e. The van der Waals surface area contributed by atoms with Crippen molar-refractivity contribution in [3.8, 4) is 11.5 Å². The van der Waals surface area contributed by atoms with E-state index in [0.717, 1.165) is 12.8 Å². The van der Waals surface area contributed by atoms with Crippen LogP contribution in [0.15, 0.2) is 42.5 Å². The normalized spacial score (nSPS) is 12.2. The second kappa shape index (κ2) is 6.53. The topological polar surface area (TPSA) is 35.2 Å². The number of nitrogens with two attached hydrogens (primary N) is 1. The monoisotopic (exact) mass is 273 g/mol. The van der Waals surface area contributed by atoms with Crippen molar-refractivity contribution in [3.63, 3.8) is 0 Å². The highest BCUT2D eigenvalue weighted by Crippen LogP contribution is 2.30. The maximum atomic E-state index is 13.8. The lowest BCUT2D eigenvalue weighted by molar-refractivity contribution is 0.460. The quantitative estimate of drug-likeness (QED) is 0.864. The van der Waals surface area contributed by atoms with E-state index in [1.54, 1.807) is 19.1 Å². The lowest BCUT2D eigenvalue weighted by Gasteiger charge is -2.14. The van der Waals surface area contributed by atoms with Crippen molar-refractivity contribution < 1.29 is 9.13 Å². The molecule has 0 aliphatic heterocycles. The van der Waals surface area contributed by atoms with Gasteiger partial charge in [0.2, 0.25) is 0 Å². The van der Waals surface area contributed by atoms with Crippen LogP contribution >= 0.6 is 0 Å². The zero-order valence-corrected chi connectivity index (χ0v) is 11.9. The number of aryl methyl sites for hydroxylation is 1. The first-order valence-corrected chi connectivity index (χ1v) is 6.92. The van der Waals surface area contributed by atoms with Gasteiger partial charge in [-0.2, -0.15) is 0 Å². The second-order valence-electron chi connectivity index (χ2n) is 4.94. The molecule has 2 N–H and O–H groups in total. The number of rotatable bonds is 5. The summed E-state index contributed by atoms with van der Waals surface area (Å²) in [7, 11) is 0. The van der Waals surface area contributed by atoms with Gasteiger partial charge >= 0.3 is 0 Å². The Hall–Kier alpha value is -1.87. The molecule has 0 fully saturated rings. The van der Waals surface area contributed by atoms with E-state index in [-0.39, 0.29) is 5.82 Å². The molecule has 0 aliphatic rings. The predicted octanol–water partition coefficient (Wildman–Crippen LogP) is 4.59. The molecule has 0 spiro atoms. The largest absolute Gasteiger partial charge is 0.457 e. The fourth-order valence-electron chi connectivity index (χ4n) is 2.19. The Morgan fingerprint density at radius 2 is 1.85 bits per heavy atom. The zero-order valence-electron chi connectivity index (χ0n) is 11.9. The summed E-state index contributed by atoms with van der Waals surface area (Å²) in [6.45, 7) is 3.89. The zero-order chi connectivity index (χ0) is 14.5. The van der Waals surface area contributed by atoms with Crippen LogP contribution in [0.25, 0.3) is 0 Å². The van der Waals surface area contributed by atoms with Crippen molar-refractivity contribution >= 4 is 0 Å². The van der Waals surface area contributed by atoms with Gasteiger partial charge < -0.3 is 10.5 Å². The molecular formula is C17H20FNO. The molecule has 0 aliphatic carbocycles. The lowest BCUT2D eigenvalue weighted by atomic mass is 10.1. The summed E-state index contributed by atoms with van der Waals surface area (Å²) in [5, 5.41) is 0. The van der Waals surface area contributed by atoms with Gasteiger partial charge in [0.15, 0.2) is 0 Å². The molecule has 0 radical (unpaired) electrons. The van der Waals surface area contributed by atoms with E-state index >= 15 is 0 Å². The predicted molar refractivity (Wildman–Crippen MR) is 79.5 cm³/mol. The Kier molecular flexibility index (Phi) is 4.74. The first kappa shape index (κ1) is 14.5. The average molecular weight is 273 g/mol. The highest BCUT2D eigenvalue weighted by Gasteiger charge is 2.14. The van der Waals surface area contributed by atoms with Gasteiger partial charge in [0, 0.05) is 11.6 Å². The third-order valence-electron chi connectivity index (χ3n) is 3.16. The molecule has 3 heteroatoms. The number of hydrogen-bond acceptors (Lipinski definition) is 2. The van der Waals surface area contributed by atoms with Crippen molar-refractivity contribution in [1.29, 1.82) is 0 Å². The van der Waals surface area contributed by atoms with Gasteiger partial charge in [0.25, 0.3) is 0 Å². The van der Waals surface area contributed by atoms with Gasteiger partial charge in [-0.15, -0.1) is 0 Å². The lowest BCUT2D eigenvalue weighted by Crippen LogP contribution is -2.09. The number of hydrogen-bond donors (Lipinski definition) is 1. The molecule has 2 rings (SSSR count). The van der Waals surface area contributed by atoms with Crippen molar-refractivity contribution in [2.24, 2.45) is 5.73 Å². The standard InChI is InChI=1S/C17H20FNO/c1-3-5-13-8-10-14(11-9-13)20-16-7-4-6-15(18)17(16)12(2)19/h4,6-12H,3,5,19H2,1-2H3/t12-/m1/s1. The first-order valence-electron chi connectivity index (χ1n) is 6.92. The van der Waals surface area contributed by atoms with Gasteiger partial charge in [0.05, 0.1) is 0 Å². The van der Waals surface area contributed by atoms with Crippen molar-refractivity contribution in [1.82, 2.24) is 0 Å². The second-order valence-corrected chi connectivity index (χ2v) is 4.94. The third kappa shape index (κ3) is 3.36. The Morgan fingerprint density at radius 1 is 1.15 bits per heavy atom. The molecule has 0 bridgehead atoms. The molecule has 0 heterocycles. The summed E-state index contributed by atoms with van der Waals surface area (Å²) >= 11 is 0. The fraction of sp³-hybridized carbons (Fsp3) is 0.294. The van der Waals surface area contributed by atoms with E-state index in [9.17, 15) is 4.39 Å². The molecule has 0 unspecified atom stereocenters. The van der Waals surface area contributed by atoms with Gasteiger partial charge in [-0.1, -0.05) is 31.5 Å². The van der Waals surface area contributed by atoms with Crippen LogP contribution in [0, 0.1) is 5.82 Å². The molecule has 2 aromatic rings. The Balaban J connectivity index is 2.23. The van der Waals surface area contributed by atoms with E-state index in [4.69, 9.17) is 10.5 Å². The SMILES string of the molecule is CCCc1ccc(Oc2cccc(F)c2[C@@H](C)N)cc1. The molecule has 0 saturated heterocycles. The number of halogens is 1. The van der Waals surface area contributed by atoms with Crippen LogP contribution in [0.1, 0.15) is 37.4 Å². The smallest absolute Gasteiger partial charge is 0.135 e. The Labute approximate surface area is 119 Å².